The highest BCUT2D eigenvalue weighted by Crippen LogP contribution is 1.86. The molecule has 0 saturated heterocycles. The third kappa shape index (κ3) is 3.60. The summed E-state index contributed by atoms with van der Waals surface area (Å²) >= 11 is 0. The average Bonchev–Trinajstić information content (AvgIpc) is 1.99. The van der Waals surface area contributed by atoms with Crippen molar-refractivity contribution in [3.8, 4) is 0 Å². The van der Waals surface area contributed by atoms with Gasteiger partial charge in [-0.25, -0.2) is 4.79 Å². The third-order valence-electron chi connectivity index (χ3n) is 0.733. The zero-order valence-corrected chi connectivity index (χ0v) is 5.50. The van der Waals surface area contributed by atoms with Crippen LogP contribution in [0.25, 0.3) is 0 Å². The minimum Gasteiger partial charge on any atom is -0.458 e. The van der Waals surface area contributed by atoms with Crippen LogP contribution in [0.4, 0.5) is 0 Å². The number of esters is 1. The summed E-state index contributed by atoms with van der Waals surface area (Å²) in [5, 5.41) is 0. The first kappa shape index (κ1) is 8.62. The van der Waals surface area contributed by atoms with Gasteiger partial charge in [-0.2, -0.15) is 0 Å². The van der Waals surface area contributed by atoms with Crippen LogP contribution in [0.3, 0.4) is 0 Å². The third-order valence-corrected chi connectivity index (χ3v) is 0.733. The summed E-state index contributed by atoms with van der Waals surface area (Å²) in [4.78, 5) is 20.2. The Balaban J connectivity index is 3.54. The summed E-state index contributed by atoms with van der Waals surface area (Å²) in [5.41, 5.74) is 0.232. The van der Waals surface area contributed by atoms with Crippen molar-refractivity contribution in [3.63, 3.8) is 0 Å². The number of carbonyl (C=O) groups excluding carboxylic acids is 2. The second-order valence-corrected chi connectivity index (χ2v) is 1.59. The van der Waals surface area contributed by atoms with Crippen LogP contribution in [0.1, 0.15) is 0 Å². The van der Waals surface area contributed by atoms with Crippen LogP contribution in [-0.2, 0) is 14.3 Å². The van der Waals surface area contributed by atoms with Crippen LogP contribution in [0, 0.1) is 0 Å². The van der Waals surface area contributed by atoms with E-state index >= 15 is 0 Å². The van der Waals surface area contributed by atoms with E-state index in [-0.39, 0.29) is 12.2 Å². The molecule has 0 radical (unpaired) electrons. The monoisotopic (exact) mass is 140 g/mol. The summed E-state index contributed by atoms with van der Waals surface area (Å²) in [6.45, 7) is 6.41. The topological polar surface area (TPSA) is 43.4 Å². The summed E-state index contributed by atoms with van der Waals surface area (Å²) in [7, 11) is 0. The van der Waals surface area contributed by atoms with E-state index in [9.17, 15) is 9.59 Å². The van der Waals surface area contributed by atoms with Gasteiger partial charge in [-0.3, -0.25) is 4.79 Å². The normalized spacial score (nSPS) is 8.00. The largest absolute Gasteiger partial charge is 0.458 e. The van der Waals surface area contributed by atoms with Gasteiger partial charge >= 0.3 is 5.97 Å². The molecule has 0 saturated carbocycles. The first-order valence-corrected chi connectivity index (χ1v) is 2.63. The Bertz CT molecular complexity index is 150. The average molecular weight is 140 g/mol. The standard InChI is InChI=1S/C7H8O3/c1-3-7(9)10-5-6(2)4-8/h3-4H,1-2,5H2. The molecule has 0 aromatic carbocycles. The number of hydrogen-bond acceptors (Lipinski definition) is 3. The number of aldehydes is 1. The highest BCUT2D eigenvalue weighted by atomic mass is 16.5. The van der Waals surface area contributed by atoms with E-state index in [4.69, 9.17) is 0 Å². The molecular formula is C7H8O3. The highest BCUT2D eigenvalue weighted by molar-refractivity contribution is 5.82. The molecule has 0 aromatic rings. The summed E-state index contributed by atoms with van der Waals surface area (Å²) in [6, 6.07) is 0. The molecule has 0 spiro atoms. The van der Waals surface area contributed by atoms with Crippen molar-refractivity contribution in [2.45, 2.75) is 0 Å². The molecule has 0 bridgehead atoms. The highest BCUT2D eigenvalue weighted by Gasteiger charge is 1.95. The van der Waals surface area contributed by atoms with Crippen LogP contribution < -0.4 is 0 Å². The maximum absolute atomic E-state index is 10.3. The van der Waals surface area contributed by atoms with E-state index in [0.29, 0.717) is 6.29 Å². The molecular weight excluding hydrogens is 132 g/mol. The molecule has 0 rings (SSSR count). The number of ether oxygens (including phenoxy) is 1. The van der Waals surface area contributed by atoms with Crippen molar-refractivity contribution >= 4 is 12.3 Å². The Morgan fingerprint density at radius 2 is 2.20 bits per heavy atom. The Morgan fingerprint density at radius 1 is 1.60 bits per heavy atom. The van der Waals surface area contributed by atoms with Gasteiger partial charge in [0, 0.05) is 11.6 Å². The second kappa shape index (κ2) is 4.49. The first-order valence-electron chi connectivity index (χ1n) is 2.63. The van der Waals surface area contributed by atoms with Gasteiger partial charge in [-0.1, -0.05) is 13.2 Å². The molecule has 0 unspecified atom stereocenters. The van der Waals surface area contributed by atoms with E-state index in [0.717, 1.165) is 6.08 Å². The SMILES string of the molecule is C=CC(=O)OCC(=C)C=O. The molecule has 0 aliphatic heterocycles. The lowest BCUT2D eigenvalue weighted by atomic mass is 10.4. The number of carbonyl (C=O) groups is 2. The van der Waals surface area contributed by atoms with Gasteiger partial charge < -0.3 is 4.74 Å². The van der Waals surface area contributed by atoms with Crippen LogP contribution in [-0.4, -0.2) is 18.9 Å². The van der Waals surface area contributed by atoms with E-state index in [1.54, 1.807) is 0 Å². The van der Waals surface area contributed by atoms with Crippen LogP contribution >= 0.6 is 0 Å². The van der Waals surface area contributed by atoms with Gasteiger partial charge in [0.15, 0.2) is 0 Å². The number of rotatable bonds is 4. The Hall–Kier alpha value is -1.38. The molecule has 0 aliphatic carbocycles. The first-order chi connectivity index (χ1) is 4.70. The van der Waals surface area contributed by atoms with Crippen LogP contribution in [0.5, 0.6) is 0 Å². The maximum Gasteiger partial charge on any atom is 0.330 e. The minimum atomic E-state index is -0.553. The molecule has 3 heteroatoms. The van der Waals surface area contributed by atoms with Gasteiger partial charge in [-0.15, -0.1) is 0 Å². The quantitative estimate of drug-likeness (QED) is 0.324. The Labute approximate surface area is 59.0 Å². The van der Waals surface area contributed by atoms with E-state index in [1.807, 2.05) is 0 Å². The lowest BCUT2D eigenvalue weighted by molar-refractivity contribution is -0.136. The van der Waals surface area contributed by atoms with Crippen molar-refractivity contribution in [2.75, 3.05) is 6.61 Å². The molecule has 54 valence electrons. The maximum atomic E-state index is 10.3. The molecule has 0 amide bonds. The summed E-state index contributed by atoms with van der Waals surface area (Å²) in [5.74, 6) is -0.553. The van der Waals surface area contributed by atoms with Gasteiger partial charge in [0.25, 0.3) is 0 Å². The van der Waals surface area contributed by atoms with Crippen molar-refractivity contribution < 1.29 is 14.3 Å². The minimum absolute atomic E-state index is 0.0612. The molecule has 0 aromatic heterocycles. The fraction of sp³-hybridized carbons (Fsp3) is 0.143. The van der Waals surface area contributed by atoms with Crippen molar-refractivity contribution in [2.24, 2.45) is 0 Å². The fourth-order valence-electron chi connectivity index (χ4n) is 0.257. The molecule has 10 heavy (non-hydrogen) atoms. The zero-order valence-electron chi connectivity index (χ0n) is 5.50. The van der Waals surface area contributed by atoms with E-state index in [1.165, 1.54) is 0 Å². The van der Waals surface area contributed by atoms with E-state index < -0.39 is 5.97 Å². The van der Waals surface area contributed by atoms with Gasteiger partial charge in [0.05, 0.1) is 0 Å². The molecule has 0 atom stereocenters. The van der Waals surface area contributed by atoms with Gasteiger partial charge in [0.1, 0.15) is 12.9 Å². The van der Waals surface area contributed by atoms with Crippen molar-refractivity contribution in [1.82, 2.24) is 0 Å². The van der Waals surface area contributed by atoms with Gasteiger partial charge in [0.2, 0.25) is 0 Å². The molecule has 0 fully saturated rings. The van der Waals surface area contributed by atoms with Gasteiger partial charge in [-0.05, 0) is 0 Å². The van der Waals surface area contributed by atoms with E-state index in [2.05, 4.69) is 17.9 Å². The number of hydrogen-bond donors (Lipinski definition) is 0. The van der Waals surface area contributed by atoms with Crippen LogP contribution in [0.2, 0.25) is 0 Å². The molecule has 0 aliphatic rings. The zero-order chi connectivity index (χ0) is 7.98. The fourth-order valence-corrected chi connectivity index (χ4v) is 0.257. The predicted molar refractivity (Wildman–Crippen MR) is 36.4 cm³/mol. The Morgan fingerprint density at radius 3 is 2.60 bits per heavy atom. The predicted octanol–water partition coefficient (Wildman–Crippen LogP) is 0.471. The summed E-state index contributed by atoms with van der Waals surface area (Å²) < 4.78 is 4.46. The smallest absolute Gasteiger partial charge is 0.330 e. The molecule has 3 nitrogen and oxygen atoms in total. The lowest BCUT2D eigenvalue weighted by Gasteiger charge is -1.97. The lowest BCUT2D eigenvalue weighted by Crippen LogP contribution is -2.03. The second-order valence-electron chi connectivity index (χ2n) is 1.59. The van der Waals surface area contributed by atoms with Crippen molar-refractivity contribution in [3.05, 3.63) is 24.8 Å². The molecule has 0 N–H and O–H groups in total. The Kier molecular flexibility index (Phi) is 3.87. The summed E-state index contributed by atoms with van der Waals surface area (Å²) in [6.07, 6.45) is 1.56. The molecule has 0 heterocycles. The van der Waals surface area contributed by atoms with Crippen molar-refractivity contribution in [1.29, 1.82) is 0 Å². The van der Waals surface area contributed by atoms with Crippen LogP contribution in [0.15, 0.2) is 24.8 Å².